The van der Waals surface area contributed by atoms with Gasteiger partial charge in [0.05, 0.1) is 9.82 Å². The second kappa shape index (κ2) is 10.6. The van der Waals surface area contributed by atoms with Crippen molar-refractivity contribution in [3.63, 3.8) is 0 Å². The highest BCUT2D eigenvalue weighted by Gasteiger charge is 2.36. The third-order valence-corrected chi connectivity index (χ3v) is 8.37. The highest BCUT2D eigenvalue weighted by Crippen LogP contribution is 2.27. The maximum atomic E-state index is 13.0. The Balaban J connectivity index is 0.000000604. The molecular weight excluding hydrogens is 501 g/mol. The topological polar surface area (TPSA) is 192 Å². The number of sulfonamides is 2. The van der Waals surface area contributed by atoms with Crippen molar-refractivity contribution < 1.29 is 46.0 Å². The number of nitro benzene ring substituents is 1. The van der Waals surface area contributed by atoms with Crippen molar-refractivity contribution in [2.24, 2.45) is 0 Å². The van der Waals surface area contributed by atoms with Crippen LogP contribution in [0.5, 0.6) is 0 Å². The van der Waals surface area contributed by atoms with Crippen molar-refractivity contribution >= 4 is 37.7 Å². The molecule has 1 saturated heterocycles. The van der Waals surface area contributed by atoms with Gasteiger partial charge in [-0.2, -0.15) is 8.61 Å². The Kier molecular flexibility index (Phi) is 8.38. The zero-order chi connectivity index (χ0) is 25.7. The van der Waals surface area contributed by atoms with Crippen LogP contribution in [-0.4, -0.2) is 78.7 Å². The van der Waals surface area contributed by atoms with Gasteiger partial charge in [-0.1, -0.05) is 12.1 Å². The molecule has 0 atom stereocenters. The van der Waals surface area contributed by atoms with E-state index in [0.717, 1.165) is 45.0 Å². The summed E-state index contributed by atoms with van der Waals surface area (Å²) in [6.45, 7) is -0.567. The van der Waals surface area contributed by atoms with E-state index >= 15 is 0 Å². The van der Waals surface area contributed by atoms with Crippen LogP contribution in [0.1, 0.15) is 0 Å². The van der Waals surface area contributed by atoms with E-state index in [9.17, 15) is 31.3 Å². The van der Waals surface area contributed by atoms with Gasteiger partial charge in [0.25, 0.3) is 5.69 Å². The molecule has 2 aromatic rings. The monoisotopic (exact) mass is 519 g/mol. The van der Waals surface area contributed by atoms with Gasteiger partial charge in [0.15, 0.2) is 4.90 Å². The summed E-state index contributed by atoms with van der Waals surface area (Å²) in [7, 11) is -8.05. The minimum absolute atomic E-state index is 0.0936. The third kappa shape index (κ3) is 6.10. The van der Waals surface area contributed by atoms with E-state index < -0.39 is 53.3 Å². The first-order valence-electron chi connectivity index (χ1n) is 9.24. The molecule has 2 N–H and O–H groups in total. The summed E-state index contributed by atoms with van der Waals surface area (Å²) < 4.78 is 65.9. The number of benzene rings is 2. The molecule has 0 radical (unpaired) electrons. The molecule has 1 heterocycles. The summed E-state index contributed by atoms with van der Waals surface area (Å²) in [6.07, 6.45) is 0. The SMILES string of the molecule is O=C(O)C(=O)O.O=[N+]([O-])c1ccccc1S(=O)(=O)N1CCN(S(=O)(=O)c2ccc(F)cc2)CC1. The van der Waals surface area contributed by atoms with Crippen molar-refractivity contribution in [3.05, 3.63) is 64.5 Å². The van der Waals surface area contributed by atoms with Crippen LogP contribution in [0.4, 0.5) is 10.1 Å². The van der Waals surface area contributed by atoms with Gasteiger partial charge in [-0.05, 0) is 30.3 Å². The van der Waals surface area contributed by atoms with Crippen LogP contribution >= 0.6 is 0 Å². The molecule has 0 aliphatic carbocycles. The summed E-state index contributed by atoms with van der Waals surface area (Å²) in [4.78, 5) is 28.0. The summed E-state index contributed by atoms with van der Waals surface area (Å²) in [6, 6.07) is 9.34. The number of carboxylic acids is 2. The standard InChI is InChI=1S/C16H16FN3O6S2.C2H2O4/c17-13-5-7-14(8-6-13)27(23,24)18-9-11-19(12-10-18)28(25,26)16-4-2-1-3-15(16)20(21)22;3-1(4)2(5)6/h1-8H,9-12H2;(H,3,4)(H,5,6). The second-order valence-electron chi connectivity index (χ2n) is 6.60. The van der Waals surface area contributed by atoms with Crippen molar-refractivity contribution in [3.8, 4) is 0 Å². The van der Waals surface area contributed by atoms with Crippen molar-refractivity contribution in [1.82, 2.24) is 8.61 Å². The molecule has 0 amide bonds. The average molecular weight is 519 g/mol. The van der Waals surface area contributed by atoms with Gasteiger partial charge in [-0.15, -0.1) is 0 Å². The lowest BCUT2D eigenvalue weighted by molar-refractivity contribution is -0.387. The minimum Gasteiger partial charge on any atom is -0.473 e. The summed E-state index contributed by atoms with van der Waals surface area (Å²) in [5.74, 6) is -4.22. The first-order chi connectivity index (χ1) is 15.8. The fraction of sp³-hybridized carbons (Fsp3) is 0.222. The predicted octanol–water partition coefficient (Wildman–Crippen LogP) is 0.585. The molecule has 3 rings (SSSR count). The lowest BCUT2D eigenvalue weighted by Crippen LogP contribution is -2.50. The summed E-state index contributed by atoms with van der Waals surface area (Å²) >= 11 is 0. The van der Waals surface area contributed by atoms with Gasteiger partial charge < -0.3 is 10.2 Å². The van der Waals surface area contributed by atoms with E-state index in [2.05, 4.69) is 0 Å². The molecule has 1 fully saturated rings. The fourth-order valence-corrected chi connectivity index (χ4v) is 5.87. The van der Waals surface area contributed by atoms with E-state index in [0.29, 0.717) is 0 Å². The fourth-order valence-electron chi connectivity index (χ4n) is 2.87. The molecule has 1 aliphatic rings. The van der Waals surface area contributed by atoms with E-state index in [4.69, 9.17) is 19.8 Å². The molecule has 184 valence electrons. The molecule has 0 bridgehead atoms. The molecule has 0 unspecified atom stereocenters. The molecule has 1 aliphatic heterocycles. The van der Waals surface area contributed by atoms with Crippen LogP contribution in [-0.2, 0) is 29.6 Å². The number of piperazine rings is 1. The predicted molar refractivity (Wildman–Crippen MR) is 112 cm³/mol. The molecule has 0 aromatic heterocycles. The van der Waals surface area contributed by atoms with Gasteiger partial charge in [0, 0.05) is 32.2 Å². The zero-order valence-corrected chi connectivity index (χ0v) is 18.8. The van der Waals surface area contributed by atoms with E-state index in [-0.39, 0.29) is 31.1 Å². The summed E-state index contributed by atoms with van der Waals surface area (Å²) in [5.41, 5.74) is -0.538. The number of nitrogens with zero attached hydrogens (tertiary/aromatic N) is 3. The first-order valence-corrected chi connectivity index (χ1v) is 12.1. The Hall–Kier alpha value is -3.47. The molecule has 2 aromatic carbocycles. The van der Waals surface area contributed by atoms with Crippen LogP contribution in [0.2, 0.25) is 0 Å². The van der Waals surface area contributed by atoms with Gasteiger partial charge in [-0.25, -0.2) is 30.8 Å². The number of para-hydroxylation sites is 1. The average Bonchev–Trinajstić information content (AvgIpc) is 2.79. The highest BCUT2D eigenvalue weighted by molar-refractivity contribution is 7.89. The maximum absolute atomic E-state index is 13.0. The molecular formula is C18H18FN3O10S2. The minimum atomic E-state index is -4.16. The van der Waals surface area contributed by atoms with Gasteiger partial charge in [0.1, 0.15) is 5.82 Å². The Bertz CT molecular complexity index is 1280. The number of halogens is 1. The van der Waals surface area contributed by atoms with E-state index in [1.807, 2.05) is 0 Å². The third-order valence-electron chi connectivity index (χ3n) is 4.51. The molecule has 16 heteroatoms. The van der Waals surface area contributed by atoms with Crippen LogP contribution in [0.15, 0.2) is 58.3 Å². The number of carbonyl (C=O) groups is 2. The molecule has 34 heavy (non-hydrogen) atoms. The quantitative estimate of drug-likeness (QED) is 0.321. The van der Waals surface area contributed by atoms with Crippen LogP contribution in [0, 0.1) is 15.9 Å². The smallest absolute Gasteiger partial charge is 0.414 e. The van der Waals surface area contributed by atoms with E-state index in [1.165, 1.54) is 12.1 Å². The molecule has 13 nitrogen and oxygen atoms in total. The highest BCUT2D eigenvalue weighted by atomic mass is 32.2. The van der Waals surface area contributed by atoms with Gasteiger partial charge in [-0.3, -0.25) is 10.1 Å². The van der Waals surface area contributed by atoms with Crippen molar-refractivity contribution in [1.29, 1.82) is 0 Å². The van der Waals surface area contributed by atoms with Crippen molar-refractivity contribution in [2.75, 3.05) is 26.2 Å². The van der Waals surface area contributed by atoms with Crippen LogP contribution in [0.25, 0.3) is 0 Å². The van der Waals surface area contributed by atoms with Crippen LogP contribution < -0.4 is 0 Å². The largest absolute Gasteiger partial charge is 0.473 e. The van der Waals surface area contributed by atoms with Gasteiger partial charge >= 0.3 is 11.9 Å². The normalized spacial score (nSPS) is 15.1. The number of carboxylic acid groups (broad SMARTS) is 2. The first kappa shape index (κ1) is 26.8. The maximum Gasteiger partial charge on any atom is 0.414 e. The number of rotatable bonds is 5. The number of aliphatic carboxylic acids is 2. The Morgan fingerprint density at radius 3 is 1.71 bits per heavy atom. The second-order valence-corrected chi connectivity index (χ2v) is 10.4. The number of hydrogen-bond donors (Lipinski definition) is 2. The Morgan fingerprint density at radius 2 is 1.26 bits per heavy atom. The summed E-state index contributed by atoms with van der Waals surface area (Å²) in [5, 5.41) is 25.9. The van der Waals surface area contributed by atoms with Gasteiger partial charge in [0.2, 0.25) is 20.0 Å². The lowest BCUT2D eigenvalue weighted by Gasteiger charge is -2.33. The molecule has 0 saturated carbocycles. The molecule has 0 spiro atoms. The Morgan fingerprint density at radius 1 is 0.824 bits per heavy atom. The van der Waals surface area contributed by atoms with Crippen LogP contribution in [0.3, 0.4) is 0 Å². The zero-order valence-electron chi connectivity index (χ0n) is 17.1. The lowest BCUT2D eigenvalue weighted by atomic mass is 10.3. The number of hydrogen-bond acceptors (Lipinski definition) is 8. The van der Waals surface area contributed by atoms with Crippen molar-refractivity contribution in [2.45, 2.75) is 9.79 Å². The Labute approximate surface area is 192 Å². The number of nitro groups is 1. The van der Waals surface area contributed by atoms with E-state index in [1.54, 1.807) is 0 Å².